The van der Waals surface area contributed by atoms with Gasteiger partial charge in [0.15, 0.2) is 5.69 Å². The predicted molar refractivity (Wildman–Crippen MR) is 78.8 cm³/mol. The van der Waals surface area contributed by atoms with Crippen LogP contribution in [0.2, 0.25) is 0 Å². The highest BCUT2D eigenvalue weighted by atomic mass is 16.5. The maximum atomic E-state index is 12.2. The lowest BCUT2D eigenvalue weighted by Crippen LogP contribution is -2.31. The van der Waals surface area contributed by atoms with E-state index >= 15 is 0 Å². The molecule has 1 unspecified atom stereocenters. The van der Waals surface area contributed by atoms with Gasteiger partial charge in [0.2, 0.25) is 0 Å². The van der Waals surface area contributed by atoms with Gasteiger partial charge in [0.25, 0.3) is 0 Å². The number of hydrogen-bond donors (Lipinski definition) is 0. The van der Waals surface area contributed by atoms with Gasteiger partial charge in [-0.25, -0.2) is 9.78 Å². The van der Waals surface area contributed by atoms with Gasteiger partial charge in [-0.05, 0) is 31.9 Å². The Hall–Kier alpha value is -2.30. The zero-order valence-corrected chi connectivity index (χ0v) is 12.0. The molecule has 5 heteroatoms. The van der Waals surface area contributed by atoms with Crippen molar-refractivity contribution in [3.8, 4) is 5.69 Å². The van der Waals surface area contributed by atoms with Crippen LogP contribution < -0.4 is 4.90 Å². The molecule has 1 aromatic heterocycles. The topological polar surface area (TPSA) is 47.4 Å². The normalized spacial score (nSPS) is 18.9. The van der Waals surface area contributed by atoms with E-state index in [1.54, 1.807) is 6.33 Å². The summed E-state index contributed by atoms with van der Waals surface area (Å²) in [4.78, 5) is 18.9. The number of rotatable bonds is 2. The predicted octanol–water partition coefficient (Wildman–Crippen LogP) is 2.70. The first kappa shape index (κ1) is 12.4. The van der Waals surface area contributed by atoms with Crippen LogP contribution in [0.25, 0.3) is 5.69 Å². The van der Waals surface area contributed by atoms with E-state index in [0.29, 0.717) is 12.3 Å². The number of carbonyl (C=O) groups is 1. The molecule has 0 spiro atoms. The minimum Gasteiger partial charge on any atom is -0.461 e. The fourth-order valence-electron chi connectivity index (χ4n) is 3.48. The third-order valence-electron chi connectivity index (χ3n) is 4.29. The van der Waals surface area contributed by atoms with Gasteiger partial charge in [0.1, 0.15) is 6.33 Å². The molecule has 1 saturated heterocycles. The van der Waals surface area contributed by atoms with Crippen molar-refractivity contribution < 1.29 is 9.53 Å². The Morgan fingerprint density at radius 2 is 2.19 bits per heavy atom. The summed E-state index contributed by atoms with van der Waals surface area (Å²) in [5.74, 6) is -0.322. The first-order valence-corrected chi connectivity index (χ1v) is 7.41. The van der Waals surface area contributed by atoms with Crippen LogP contribution in [0.3, 0.4) is 0 Å². The smallest absolute Gasteiger partial charge is 0.358 e. The maximum absolute atomic E-state index is 12.2. The lowest BCUT2D eigenvalue weighted by Gasteiger charge is -2.34. The van der Waals surface area contributed by atoms with Gasteiger partial charge in [0.05, 0.1) is 29.7 Å². The van der Waals surface area contributed by atoms with Crippen LogP contribution in [-0.2, 0) is 4.74 Å². The van der Waals surface area contributed by atoms with Gasteiger partial charge in [-0.2, -0.15) is 0 Å². The molecule has 1 aromatic carbocycles. The molecule has 0 saturated carbocycles. The molecule has 4 rings (SSSR count). The molecule has 1 atom stereocenters. The van der Waals surface area contributed by atoms with Crippen molar-refractivity contribution in [2.45, 2.75) is 25.8 Å². The number of ether oxygens (including phenoxy) is 1. The van der Waals surface area contributed by atoms with Crippen molar-refractivity contribution >= 4 is 11.7 Å². The van der Waals surface area contributed by atoms with Crippen LogP contribution in [0, 0.1) is 0 Å². The third kappa shape index (κ3) is 1.70. The number of carbonyl (C=O) groups excluding carboxylic acids is 1. The van der Waals surface area contributed by atoms with Crippen molar-refractivity contribution in [3.63, 3.8) is 0 Å². The molecule has 1 fully saturated rings. The molecule has 2 aliphatic heterocycles. The zero-order valence-electron chi connectivity index (χ0n) is 12.0. The molecule has 21 heavy (non-hydrogen) atoms. The Kier molecular flexibility index (Phi) is 2.74. The van der Waals surface area contributed by atoms with Gasteiger partial charge < -0.3 is 9.64 Å². The van der Waals surface area contributed by atoms with Crippen LogP contribution in [0.4, 0.5) is 5.69 Å². The summed E-state index contributed by atoms with van der Waals surface area (Å²) in [6.45, 7) is 3.21. The lowest BCUT2D eigenvalue weighted by atomic mass is 10.0. The molecule has 5 nitrogen and oxygen atoms in total. The molecule has 2 aliphatic rings. The summed E-state index contributed by atoms with van der Waals surface area (Å²) in [6, 6.07) is 8.51. The number of aromatic nitrogens is 2. The first-order chi connectivity index (χ1) is 10.3. The molecule has 0 amide bonds. The molecule has 0 aliphatic carbocycles. The Bertz CT molecular complexity index is 707. The molecule has 0 bridgehead atoms. The number of anilines is 1. The van der Waals surface area contributed by atoms with E-state index in [9.17, 15) is 4.79 Å². The molecular formula is C16H17N3O2. The highest BCUT2D eigenvalue weighted by Crippen LogP contribution is 2.44. The molecule has 0 N–H and O–H groups in total. The highest BCUT2D eigenvalue weighted by molar-refractivity contribution is 5.90. The van der Waals surface area contributed by atoms with E-state index in [4.69, 9.17) is 4.74 Å². The third-order valence-corrected chi connectivity index (χ3v) is 4.29. The summed E-state index contributed by atoms with van der Waals surface area (Å²) in [7, 11) is 0. The number of para-hydroxylation sites is 2. The highest BCUT2D eigenvalue weighted by Gasteiger charge is 2.38. The van der Waals surface area contributed by atoms with Crippen LogP contribution in [0.5, 0.6) is 0 Å². The number of benzene rings is 1. The maximum Gasteiger partial charge on any atom is 0.358 e. The van der Waals surface area contributed by atoms with E-state index in [2.05, 4.69) is 28.1 Å². The van der Waals surface area contributed by atoms with E-state index in [-0.39, 0.29) is 12.0 Å². The van der Waals surface area contributed by atoms with Gasteiger partial charge in [0, 0.05) is 6.54 Å². The lowest BCUT2D eigenvalue weighted by molar-refractivity contribution is 0.0518. The number of hydrogen-bond acceptors (Lipinski definition) is 4. The van der Waals surface area contributed by atoms with E-state index < -0.39 is 0 Å². The van der Waals surface area contributed by atoms with Crippen molar-refractivity contribution in [2.24, 2.45) is 0 Å². The molecular weight excluding hydrogens is 266 g/mol. The largest absolute Gasteiger partial charge is 0.461 e. The monoisotopic (exact) mass is 283 g/mol. The molecule has 0 radical (unpaired) electrons. The summed E-state index contributed by atoms with van der Waals surface area (Å²) < 4.78 is 7.21. The minimum atomic E-state index is -0.322. The molecule has 3 heterocycles. The average molecular weight is 283 g/mol. The summed E-state index contributed by atoms with van der Waals surface area (Å²) in [6.07, 6.45) is 3.93. The van der Waals surface area contributed by atoms with Crippen molar-refractivity contribution in [3.05, 3.63) is 42.0 Å². The zero-order chi connectivity index (χ0) is 14.4. The second kappa shape index (κ2) is 4.62. The van der Waals surface area contributed by atoms with E-state index in [1.807, 2.05) is 17.6 Å². The van der Waals surface area contributed by atoms with Crippen LogP contribution >= 0.6 is 0 Å². The Balaban J connectivity index is 1.91. The Morgan fingerprint density at radius 1 is 1.38 bits per heavy atom. The second-order valence-corrected chi connectivity index (χ2v) is 5.41. The Labute approximate surface area is 123 Å². The number of esters is 1. The Morgan fingerprint density at radius 3 is 3.00 bits per heavy atom. The second-order valence-electron chi connectivity index (χ2n) is 5.41. The van der Waals surface area contributed by atoms with Gasteiger partial charge >= 0.3 is 5.97 Å². The van der Waals surface area contributed by atoms with E-state index in [1.165, 1.54) is 5.69 Å². The summed E-state index contributed by atoms with van der Waals surface area (Å²) in [5.41, 5.74) is 3.75. The first-order valence-electron chi connectivity index (χ1n) is 7.41. The number of nitrogens with zero attached hydrogens (tertiary/aromatic N) is 3. The standard InChI is InChI=1S/C16H17N3O2/c1-2-21-16(20)14-15-13-8-5-9-18(13)11-6-3-4-7-12(11)19(15)10-17-14/h3-4,6-7,10,13H,2,5,8-9H2,1H3. The fourth-order valence-corrected chi connectivity index (χ4v) is 3.48. The van der Waals surface area contributed by atoms with Crippen molar-refractivity contribution in [1.29, 1.82) is 0 Å². The number of imidazole rings is 1. The SMILES string of the molecule is CCOC(=O)c1ncn2c1C1CCCN1c1ccccc1-2. The minimum absolute atomic E-state index is 0.224. The van der Waals surface area contributed by atoms with Crippen molar-refractivity contribution in [1.82, 2.24) is 9.55 Å². The molecule has 108 valence electrons. The van der Waals surface area contributed by atoms with Gasteiger partial charge in [-0.3, -0.25) is 4.57 Å². The van der Waals surface area contributed by atoms with Crippen molar-refractivity contribution in [2.75, 3.05) is 18.1 Å². The summed E-state index contributed by atoms with van der Waals surface area (Å²) >= 11 is 0. The quantitative estimate of drug-likeness (QED) is 0.795. The van der Waals surface area contributed by atoms with Gasteiger partial charge in [-0.1, -0.05) is 12.1 Å². The number of fused-ring (bicyclic) bond motifs is 6. The summed E-state index contributed by atoms with van der Waals surface area (Å²) in [5, 5.41) is 0. The van der Waals surface area contributed by atoms with Gasteiger partial charge in [-0.15, -0.1) is 0 Å². The average Bonchev–Trinajstić information content (AvgIpc) is 3.14. The molecule has 2 aromatic rings. The van der Waals surface area contributed by atoms with Crippen LogP contribution in [-0.4, -0.2) is 28.7 Å². The van der Waals surface area contributed by atoms with Crippen LogP contribution in [0.15, 0.2) is 30.6 Å². The fraction of sp³-hybridized carbons (Fsp3) is 0.375. The van der Waals surface area contributed by atoms with Crippen LogP contribution in [0.1, 0.15) is 42.0 Å². The van der Waals surface area contributed by atoms with E-state index in [0.717, 1.165) is 30.8 Å².